The van der Waals surface area contributed by atoms with Gasteiger partial charge in [0.25, 0.3) is 0 Å². The van der Waals surface area contributed by atoms with Gasteiger partial charge < -0.3 is 5.11 Å². The Morgan fingerprint density at radius 2 is 2.00 bits per heavy atom. The molecule has 1 aliphatic rings. The fourth-order valence-electron chi connectivity index (χ4n) is 2.35. The topological polar surface area (TPSA) is 57.6 Å². The van der Waals surface area contributed by atoms with E-state index in [-0.39, 0.29) is 10.6 Å². The third-order valence-electron chi connectivity index (χ3n) is 3.61. The highest BCUT2D eigenvalue weighted by Crippen LogP contribution is 2.26. The quantitative estimate of drug-likeness (QED) is 0.915. The van der Waals surface area contributed by atoms with Crippen LogP contribution in [0.5, 0.6) is 5.75 Å². The Bertz CT molecular complexity index is 505. The lowest BCUT2D eigenvalue weighted by Crippen LogP contribution is -2.38. The predicted octanol–water partition coefficient (Wildman–Crippen LogP) is 2.20. The van der Waals surface area contributed by atoms with Crippen LogP contribution >= 0.6 is 0 Å². The highest BCUT2D eigenvalue weighted by atomic mass is 32.2. The van der Waals surface area contributed by atoms with Gasteiger partial charge in [0.2, 0.25) is 10.0 Å². The Kier molecular flexibility index (Phi) is 3.92. The molecule has 0 radical (unpaired) electrons. The van der Waals surface area contributed by atoms with E-state index in [1.807, 2.05) is 0 Å². The van der Waals surface area contributed by atoms with Gasteiger partial charge in [-0.05, 0) is 37.0 Å². The van der Waals surface area contributed by atoms with Gasteiger partial charge in [-0.15, -0.1) is 0 Å². The van der Waals surface area contributed by atoms with Gasteiger partial charge in [0, 0.05) is 13.1 Å². The predicted molar refractivity (Wildman–Crippen MR) is 69.9 cm³/mol. The molecule has 0 atom stereocenters. The number of aromatic hydroxyl groups is 1. The van der Waals surface area contributed by atoms with E-state index in [0.717, 1.165) is 19.3 Å². The van der Waals surface area contributed by atoms with Gasteiger partial charge in [0.1, 0.15) is 5.75 Å². The van der Waals surface area contributed by atoms with E-state index in [1.165, 1.54) is 22.5 Å². The standard InChI is InChI=1S/C13H19NO3S/c1-2-11-6-8-14(9-7-11)18(16,17)13-5-3-4-12(15)10-13/h3-5,10-11,15H,2,6-9H2,1H3. The smallest absolute Gasteiger partial charge is 0.243 e. The Morgan fingerprint density at radius 1 is 1.33 bits per heavy atom. The summed E-state index contributed by atoms with van der Waals surface area (Å²) in [5.41, 5.74) is 0. The van der Waals surface area contributed by atoms with Gasteiger partial charge in [0.15, 0.2) is 0 Å². The number of hydrogen-bond donors (Lipinski definition) is 1. The normalized spacial score (nSPS) is 18.9. The second-order valence-electron chi connectivity index (χ2n) is 4.75. The molecule has 0 amide bonds. The van der Waals surface area contributed by atoms with Crippen LogP contribution < -0.4 is 0 Å². The molecular formula is C13H19NO3S. The largest absolute Gasteiger partial charge is 0.508 e. The van der Waals surface area contributed by atoms with Crippen LogP contribution in [0.2, 0.25) is 0 Å². The van der Waals surface area contributed by atoms with Gasteiger partial charge in [-0.3, -0.25) is 0 Å². The van der Waals surface area contributed by atoms with E-state index >= 15 is 0 Å². The molecule has 1 aromatic carbocycles. The van der Waals surface area contributed by atoms with Crippen LogP contribution in [0.4, 0.5) is 0 Å². The number of rotatable bonds is 3. The first kappa shape index (κ1) is 13.4. The first-order valence-electron chi connectivity index (χ1n) is 6.33. The summed E-state index contributed by atoms with van der Waals surface area (Å²) >= 11 is 0. The van der Waals surface area contributed by atoms with E-state index in [9.17, 15) is 13.5 Å². The lowest BCUT2D eigenvalue weighted by atomic mass is 9.96. The third kappa shape index (κ3) is 2.67. The maximum Gasteiger partial charge on any atom is 0.243 e. The first-order valence-corrected chi connectivity index (χ1v) is 7.77. The van der Waals surface area contributed by atoms with Crippen LogP contribution in [0, 0.1) is 5.92 Å². The Balaban J connectivity index is 2.17. The van der Waals surface area contributed by atoms with Gasteiger partial charge in [0.05, 0.1) is 4.90 Å². The van der Waals surface area contributed by atoms with Crippen LogP contribution in [-0.2, 0) is 10.0 Å². The van der Waals surface area contributed by atoms with E-state index in [2.05, 4.69) is 6.92 Å². The number of phenolic OH excluding ortho intramolecular Hbond substituents is 1. The Labute approximate surface area is 108 Å². The van der Waals surface area contributed by atoms with Crippen molar-refractivity contribution in [3.63, 3.8) is 0 Å². The molecule has 1 N–H and O–H groups in total. The minimum absolute atomic E-state index is 0.0143. The molecule has 0 bridgehead atoms. The number of sulfonamides is 1. The molecule has 1 aliphatic heterocycles. The molecule has 100 valence electrons. The summed E-state index contributed by atoms with van der Waals surface area (Å²) in [7, 11) is -3.44. The maximum atomic E-state index is 12.3. The van der Waals surface area contributed by atoms with Crippen molar-refractivity contribution in [3.8, 4) is 5.75 Å². The zero-order valence-corrected chi connectivity index (χ0v) is 11.4. The highest BCUT2D eigenvalue weighted by molar-refractivity contribution is 7.89. The van der Waals surface area contributed by atoms with E-state index in [0.29, 0.717) is 19.0 Å². The number of phenols is 1. The zero-order chi connectivity index (χ0) is 13.2. The van der Waals surface area contributed by atoms with Crippen LogP contribution in [0.25, 0.3) is 0 Å². The molecule has 0 saturated carbocycles. The van der Waals surface area contributed by atoms with Crippen molar-refractivity contribution in [1.82, 2.24) is 4.31 Å². The molecule has 1 saturated heterocycles. The number of piperidine rings is 1. The van der Waals surface area contributed by atoms with Crippen molar-refractivity contribution in [2.45, 2.75) is 31.1 Å². The summed E-state index contributed by atoms with van der Waals surface area (Å²) < 4.78 is 26.2. The van der Waals surface area contributed by atoms with Crippen LogP contribution in [-0.4, -0.2) is 30.9 Å². The monoisotopic (exact) mass is 269 g/mol. The lowest BCUT2D eigenvalue weighted by Gasteiger charge is -2.30. The van der Waals surface area contributed by atoms with Crippen molar-refractivity contribution >= 4 is 10.0 Å². The average molecular weight is 269 g/mol. The molecule has 2 rings (SSSR count). The minimum Gasteiger partial charge on any atom is -0.508 e. The summed E-state index contributed by atoms with van der Waals surface area (Å²) in [6, 6.07) is 5.87. The molecule has 0 aromatic heterocycles. The zero-order valence-electron chi connectivity index (χ0n) is 10.5. The lowest BCUT2D eigenvalue weighted by molar-refractivity contribution is 0.269. The van der Waals surface area contributed by atoms with Crippen LogP contribution in [0.3, 0.4) is 0 Å². The molecule has 0 aliphatic carbocycles. The number of benzene rings is 1. The van der Waals surface area contributed by atoms with Crippen molar-refractivity contribution in [2.75, 3.05) is 13.1 Å². The Morgan fingerprint density at radius 3 is 2.56 bits per heavy atom. The van der Waals surface area contributed by atoms with Gasteiger partial charge >= 0.3 is 0 Å². The SMILES string of the molecule is CCC1CCN(S(=O)(=O)c2cccc(O)c2)CC1. The summed E-state index contributed by atoms with van der Waals surface area (Å²) in [5.74, 6) is 0.625. The highest BCUT2D eigenvalue weighted by Gasteiger charge is 2.28. The maximum absolute atomic E-state index is 12.3. The summed E-state index contributed by atoms with van der Waals surface area (Å²) in [6.45, 7) is 3.30. The molecular weight excluding hydrogens is 250 g/mol. The molecule has 5 heteroatoms. The third-order valence-corrected chi connectivity index (χ3v) is 5.50. The fraction of sp³-hybridized carbons (Fsp3) is 0.538. The summed E-state index contributed by atoms with van der Waals surface area (Å²) in [5, 5.41) is 9.37. The molecule has 4 nitrogen and oxygen atoms in total. The molecule has 0 unspecified atom stereocenters. The molecule has 1 heterocycles. The van der Waals surface area contributed by atoms with E-state index in [1.54, 1.807) is 6.07 Å². The first-order chi connectivity index (χ1) is 8.54. The van der Waals surface area contributed by atoms with Crippen LogP contribution in [0.15, 0.2) is 29.2 Å². The van der Waals surface area contributed by atoms with Crippen LogP contribution in [0.1, 0.15) is 26.2 Å². The van der Waals surface area contributed by atoms with E-state index in [4.69, 9.17) is 0 Å². The van der Waals surface area contributed by atoms with Crippen molar-refractivity contribution < 1.29 is 13.5 Å². The second kappa shape index (κ2) is 5.28. The van der Waals surface area contributed by atoms with Crippen molar-refractivity contribution in [1.29, 1.82) is 0 Å². The fourth-order valence-corrected chi connectivity index (χ4v) is 3.86. The van der Waals surface area contributed by atoms with Crippen molar-refractivity contribution in [3.05, 3.63) is 24.3 Å². The molecule has 18 heavy (non-hydrogen) atoms. The van der Waals surface area contributed by atoms with E-state index < -0.39 is 10.0 Å². The second-order valence-corrected chi connectivity index (χ2v) is 6.69. The number of hydrogen-bond acceptors (Lipinski definition) is 3. The molecule has 1 aromatic rings. The molecule has 1 fully saturated rings. The number of nitrogens with zero attached hydrogens (tertiary/aromatic N) is 1. The van der Waals surface area contributed by atoms with Gasteiger partial charge in [-0.25, -0.2) is 8.42 Å². The summed E-state index contributed by atoms with van der Waals surface area (Å²) in [6.07, 6.45) is 2.96. The average Bonchev–Trinajstić information content (AvgIpc) is 2.39. The van der Waals surface area contributed by atoms with Gasteiger partial charge in [-0.1, -0.05) is 19.4 Å². The van der Waals surface area contributed by atoms with Crippen molar-refractivity contribution in [2.24, 2.45) is 5.92 Å². The Hall–Kier alpha value is -1.07. The minimum atomic E-state index is -3.44. The van der Waals surface area contributed by atoms with Gasteiger partial charge in [-0.2, -0.15) is 4.31 Å². The summed E-state index contributed by atoms with van der Waals surface area (Å²) in [4.78, 5) is 0.178. The molecule has 0 spiro atoms.